The van der Waals surface area contributed by atoms with Crippen LogP contribution in [0.25, 0.3) is 0 Å². The first-order chi connectivity index (χ1) is 11.9. The third kappa shape index (κ3) is 4.82. The van der Waals surface area contributed by atoms with E-state index in [0.29, 0.717) is 0 Å². The molecule has 3 rings (SSSR count). The van der Waals surface area contributed by atoms with Crippen LogP contribution in [-0.4, -0.2) is 6.21 Å². The zero-order valence-corrected chi connectivity index (χ0v) is 13.8. The molecule has 0 heterocycles. The van der Waals surface area contributed by atoms with Crippen LogP contribution in [0.2, 0.25) is 0 Å². The van der Waals surface area contributed by atoms with Crippen LogP contribution < -0.4 is 5.01 Å². The fourth-order valence-electron chi connectivity index (χ4n) is 2.59. The van der Waals surface area contributed by atoms with E-state index in [1.165, 1.54) is 11.1 Å². The summed E-state index contributed by atoms with van der Waals surface area (Å²) < 4.78 is 0. The number of rotatable bonds is 7. The molecule has 2 heteroatoms. The number of anilines is 1. The third-order valence-electron chi connectivity index (χ3n) is 3.86. The van der Waals surface area contributed by atoms with Gasteiger partial charge in [-0.3, -0.25) is 5.01 Å². The van der Waals surface area contributed by atoms with Gasteiger partial charge in [-0.2, -0.15) is 5.10 Å². The van der Waals surface area contributed by atoms with Gasteiger partial charge in [-0.15, -0.1) is 0 Å². The fraction of sp³-hybridized carbons (Fsp3) is 0.136. The molecule has 0 radical (unpaired) electrons. The molecule has 0 spiro atoms. The molecular weight excluding hydrogens is 292 g/mol. The van der Waals surface area contributed by atoms with Gasteiger partial charge in [0.1, 0.15) is 0 Å². The average Bonchev–Trinajstić information content (AvgIpc) is 2.66. The Morgan fingerprint density at radius 2 is 1.21 bits per heavy atom. The lowest BCUT2D eigenvalue weighted by molar-refractivity contribution is 0.852. The topological polar surface area (TPSA) is 15.6 Å². The number of para-hydroxylation sites is 1. The second kappa shape index (κ2) is 8.68. The quantitative estimate of drug-likeness (QED) is 0.426. The molecule has 2 nitrogen and oxygen atoms in total. The van der Waals surface area contributed by atoms with E-state index in [4.69, 9.17) is 5.10 Å². The summed E-state index contributed by atoms with van der Waals surface area (Å²) in [5.74, 6) is 0. The van der Waals surface area contributed by atoms with Crippen LogP contribution >= 0.6 is 0 Å². The van der Waals surface area contributed by atoms with Crippen LogP contribution in [0.5, 0.6) is 0 Å². The number of nitrogens with zero attached hydrogens (tertiary/aromatic N) is 2. The molecule has 0 unspecified atom stereocenters. The van der Waals surface area contributed by atoms with E-state index in [0.717, 1.165) is 25.1 Å². The van der Waals surface area contributed by atoms with Crippen molar-refractivity contribution >= 4 is 11.9 Å². The van der Waals surface area contributed by atoms with E-state index >= 15 is 0 Å². The SMILES string of the molecule is C(/CCc1ccccc1)=N/N(Cc1ccccc1)c1ccccc1. The van der Waals surface area contributed by atoms with Gasteiger partial charge in [-0.05, 0) is 36.1 Å². The van der Waals surface area contributed by atoms with Gasteiger partial charge in [0.2, 0.25) is 0 Å². The Hall–Kier alpha value is -2.87. The molecule has 0 N–H and O–H groups in total. The molecule has 3 aromatic rings. The summed E-state index contributed by atoms with van der Waals surface area (Å²) >= 11 is 0. The highest BCUT2D eigenvalue weighted by molar-refractivity contribution is 5.61. The summed E-state index contributed by atoms with van der Waals surface area (Å²) in [7, 11) is 0. The molecule has 0 atom stereocenters. The summed E-state index contributed by atoms with van der Waals surface area (Å²) in [6, 6.07) is 31.3. The van der Waals surface area contributed by atoms with Crippen LogP contribution in [0.4, 0.5) is 5.69 Å². The van der Waals surface area contributed by atoms with Gasteiger partial charge in [0.05, 0.1) is 12.2 Å². The average molecular weight is 314 g/mol. The predicted octanol–water partition coefficient (Wildman–Crippen LogP) is 5.31. The second-order valence-electron chi connectivity index (χ2n) is 5.70. The second-order valence-corrected chi connectivity index (χ2v) is 5.70. The fourth-order valence-corrected chi connectivity index (χ4v) is 2.59. The highest BCUT2D eigenvalue weighted by Crippen LogP contribution is 2.17. The predicted molar refractivity (Wildman–Crippen MR) is 102 cm³/mol. The lowest BCUT2D eigenvalue weighted by Gasteiger charge is -2.19. The van der Waals surface area contributed by atoms with Crippen molar-refractivity contribution in [2.75, 3.05) is 5.01 Å². The van der Waals surface area contributed by atoms with E-state index in [1.54, 1.807) is 0 Å². The first kappa shape index (κ1) is 16.0. The first-order valence-electron chi connectivity index (χ1n) is 8.35. The van der Waals surface area contributed by atoms with E-state index in [1.807, 2.05) is 30.5 Å². The van der Waals surface area contributed by atoms with Gasteiger partial charge in [0.15, 0.2) is 0 Å². The minimum Gasteiger partial charge on any atom is -0.261 e. The van der Waals surface area contributed by atoms with Crippen molar-refractivity contribution in [3.05, 3.63) is 102 Å². The smallest absolute Gasteiger partial charge is 0.0666 e. The normalized spacial score (nSPS) is 10.8. The van der Waals surface area contributed by atoms with Gasteiger partial charge >= 0.3 is 0 Å². The molecular formula is C22H22N2. The molecule has 3 aromatic carbocycles. The zero-order valence-electron chi connectivity index (χ0n) is 13.8. The molecule has 0 bridgehead atoms. The monoisotopic (exact) mass is 314 g/mol. The van der Waals surface area contributed by atoms with Gasteiger partial charge in [0, 0.05) is 6.21 Å². The van der Waals surface area contributed by atoms with Crippen molar-refractivity contribution in [2.24, 2.45) is 5.10 Å². The molecule has 0 amide bonds. The Kier molecular flexibility index (Phi) is 5.79. The van der Waals surface area contributed by atoms with E-state index in [-0.39, 0.29) is 0 Å². The molecule has 0 saturated heterocycles. The summed E-state index contributed by atoms with van der Waals surface area (Å²) in [5.41, 5.74) is 3.71. The molecule has 0 aromatic heterocycles. The van der Waals surface area contributed by atoms with Crippen LogP contribution in [0.3, 0.4) is 0 Å². The number of hydrogen-bond donors (Lipinski definition) is 0. The summed E-state index contributed by atoms with van der Waals surface area (Å²) in [6.45, 7) is 0.771. The molecule has 24 heavy (non-hydrogen) atoms. The molecule has 0 fully saturated rings. The van der Waals surface area contributed by atoms with Crippen molar-refractivity contribution in [2.45, 2.75) is 19.4 Å². The van der Waals surface area contributed by atoms with Gasteiger partial charge < -0.3 is 0 Å². The molecule has 120 valence electrons. The van der Waals surface area contributed by atoms with Crippen molar-refractivity contribution in [1.82, 2.24) is 0 Å². The van der Waals surface area contributed by atoms with Crippen molar-refractivity contribution < 1.29 is 0 Å². The maximum atomic E-state index is 4.71. The Balaban J connectivity index is 1.67. The van der Waals surface area contributed by atoms with Crippen LogP contribution in [0.1, 0.15) is 17.5 Å². The van der Waals surface area contributed by atoms with Gasteiger partial charge in [-0.25, -0.2) is 0 Å². The maximum absolute atomic E-state index is 4.71. The first-order valence-corrected chi connectivity index (χ1v) is 8.35. The lowest BCUT2D eigenvalue weighted by atomic mass is 10.1. The summed E-state index contributed by atoms with van der Waals surface area (Å²) in [4.78, 5) is 0. The largest absolute Gasteiger partial charge is 0.261 e. The minimum absolute atomic E-state index is 0.771. The lowest BCUT2D eigenvalue weighted by Crippen LogP contribution is -2.15. The number of hydrogen-bond acceptors (Lipinski definition) is 2. The number of hydrazone groups is 1. The summed E-state index contributed by atoms with van der Waals surface area (Å²) in [6.07, 6.45) is 3.96. The highest BCUT2D eigenvalue weighted by atomic mass is 15.4. The van der Waals surface area contributed by atoms with Gasteiger partial charge in [-0.1, -0.05) is 78.9 Å². The Morgan fingerprint density at radius 1 is 0.667 bits per heavy atom. The van der Waals surface area contributed by atoms with Crippen molar-refractivity contribution in [1.29, 1.82) is 0 Å². The van der Waals surface area contributed by atoms with Gasteiger partial charge in [0.25, 0.3) is 0 Å². The number of benzene rings is 3. The molecule has 0 aliphatic rings. The van der Waals surface area contributed by atoms with Crippen LogP contribution in [0, 0.1) is 0 Å². The van der Waals surface area contributed by atoms with E-state index in [2.05, 4.69) is 71.7 Å². The summed E-state index contributed by atoms with van der Waals surface area (Å²) in [5, 5.41) is 6.77. The standard InChI is InChI=1S/C22H22N2/c1-4-11-20(12-5-1)15-10-18-23-24(22-16-8-3-9-17-22)19-21-13-6-2-7-14-21/h1-9,11-14,16-18H,10,15,19H2/b23-18-. The minimum atomic E-state index is 0.771. The Morgan fingerprint density at radius 3 is 1.83 bits per heavy atom. The highest BCUT2D eigenvalue weighted by Gasteiger charge is 2.04. The van der Waals surface area contributed by atoms with Crippen molar-refractivity contribution in [3.63, 3.8) is 0 Å². The van der Waals surface area contributed by atoms with E-state index < -0.39 is 0 Å². The third-order valence-corrected chi connectivity index (χ3v) is 3.86. The maximum Gasteiger partial charge on any atom is 0.0666 e. The molecule has 0 saturated carbocycles. The Bertz CT molecular complexity index is 737. The van der Waals surface area contributed by atoms with E-state index in [9.17, 15) is 0 Å². The Labute approximate surface area is 144 Å². The van der Waals surface area contributed by atoms with Crippen LogP contribution in [0.15, 0.2) is 96.1 Å². The molecule has 0 aliphatic heterocycles. The molecule has 0 aliphatic carbocycles. The van der Waals surface area contributed by atoms with Crippen LogP contribution in [-0.2, 0) is 13.0 Å². The zero-order chi connectivity index (χ0) is 16.5. The van der Waals surface area contributed by atoms with Crippen molar-refractivity contribution in [3.8, 4) is 0 Å². The number of aryl methyl sites for hydroxylation is 1.